The number of hydrogen-bond acceptors (Lipinski definition) is 3. The van der Waals surface area contributed by atoms with Gasteiger partial charge in [-0.25, -0.2) is 0 Å². The number of likely N-dealkylation sites (tertiary alicyclic amines) is 1. The van der Waals surface area contributed by atoms with Crippen LogP contribution in [0.25, 0.3) is 0 Å². The lowest BCUT2D eigenvalue weighted by atomic mass is 9.88. The minimum absolute atomic E-state index is 0.429. The smallest absolute Gasteiger partial charge is 0.0797 e. The molecule has 0 radical (unpaired) electrons. The first-order chi connectivity index (χ1) is 8.65. The van der Waals surface area contributed by atoms with Crippen molar-refractivity contribution >= 4 is 0 Å². The van der Waals surface area contributed by atoms with Crippen molar-refractivity contribution in [1.82, 2.24) is 4.90 Å². The molecule has 0 aromatic rings. The Balaban J connectivity index is 1.83. The van der Waals surface area contributed by atoms with Crippen molar-refractivity contribution in [3.05, 3.63) is 0 Å². The van der Waals surface area contributed by atoms with Gasteiger partial charge in [-0.05, 0) is 58.0 Å². The molecule has 1 aliphatic heterocycles. The molecular weight excluding hydrogens is 224 g/mol. The Morgan fingerprint density at radius 1 is 1.22 bits per heavy atom. The molecule has 2 aliphatic rings. The first-order valence-electron chi connectivity index (χ1n) is 7.82. The molecule has 18 heavy (non-hydrogen) atoms. The van der Waals surface area contributed by atoms with Crippen molar-refractivity contribution in [2.75, 3.05) is 19.6 Å². The van der Waals surface area contributed by atoms with E-state index in [1.165, 1.54) is 32.2 Å². The van der Waals surface area contributed by atoms with Gasteiger partial charge >= 0.3 is 0 Å². The van der Waals surface area contributed by atoms with Crippen LogP contribution < -0.4 is 5.73 Å². The molecule has 0 bridgehead atoms. The Labute approximate surface area is 112 Å². The first kappa shape index (κ1) is 14.3. The van der Waals surface area contributed by atoms with Crippen LogP contribution in [0.15, 0.2) is 0 Å². The average Bonchev–Trinajstić information content (AvgIpc) is 2.61. The Hall–Kier alpha value is -0.120. The highest BCUT2D eigenvalue weighted by atomic mass is 16.3. The van der Waals surface area contributed by atoms with E-state index in [2.05, 4.69) is 11.8 Å². The van der Waals surface area contributed by atoms with Gasteiger partial charge in [0.05, 0.1) is 5.60 Å². The quantitative estimate of drug-likeness (QED) is 0.808. The van der Waals surface area contributed by atoms with E-state index >= 15 is 0 Å². The third-order valence-corrected chi connectivity index (χ3v) is 5.23. The third kappa shape index (κ3) is 3.25. The number of rotatable bonds is 4. The van der Waals surface area contributed by atoms with Gasteiger partial charge in [0.1, 0.15) is 0 Å². The molecule has 1 heterocycles. The van der Waals surface area contributed by atoms with E-state index in [-0.39, 0.29) is 0 Å². The van der Waals surface area contributed by atoms with Crippen LogP contribution in [0.5, 0.6) is 0 Å². The predicted molar refractivity (Wildman–Crippen MR) is 75.5 cm³/mol. The fourth-order valence-electron chi connectivity index (χ4n) is 3.80. The Morgan fingerprint density at radius 3 is 2.83 bits per heavy atom. The molecule has 3 N–H and O–H groups in total. The van der Waals surface area contributed by atoms with Gasteiger partial charge in [0, 0.05) is 12.6 Å². The van der Waals surface area contributed by atoms with Gasteiger partial charge in [-0.15, -0.1) is 0 Å². The second kappa shape index (κ2) is 6.36. The molecule has 1 saturated carbocycles. The second-order valence-corrected chi connectivity index (χ2v) is 6.42. The molecule has 3 nitrogen and oxygen atoms in total. The standard InChI is InChI=1S/C15H30N2O/c1-13-6-3-2-4-10-17(13)11-8-14-7-5-9-15(14,18)12-16/h13-14,18H,2-12,16H2,1H3. The minimum atomic E-state index is -0.560. The maximum atomic E-state index is 10.5. The molecule has 3 unspecified atom stereocenters. The first-order valence-corrected chi connectivity index (χ1v) is 7.82. The zero-order valence-corrected chi connectivity index (χ0v) is 11.9. The average molecular weight is 254 g/mol. The lowest BCUT2D eigenvalue weighted by molar-refractivity contribution is 0.00329. The zero-order valence-electron chi connectivity index (χ0n) is 11.9. The topological polar surface area (TPSA) is 49.5 Å². The highest BCUT2D eigenvalue weighted by Crippen LogP contribution is 2.37. The summed E-state index contributed by atoms with van der Waals surface area (Å²) in [6, 6.07) is 0.722. The second-order valence-electron chi connectivity index (χ2n) is 6.42. The highest BCUT2D eigenvalue weighted by molar-refractivity contribution is 4.93. The van der Waals surface area contributed by atoms with Crippen LogP contribution >= 0.6 is 0 Å². The molecule has 1 aliphatic carbocycles. The summed E-state index contributed by atoms with van der Waals surface area (Å²) in [4.78, 5) is 2.63. The van der Waals surface area contributed by atoms with Crippen LogP contribution in [0.2, 0.25) is 0 Å². The highest BCUT2D eigenvalue weighted by Gasteiger charge is 2.39. The summed E-state index contributed by atoms with van der Waals surface area (Å²) in [5.74, 6) is 0.429. The Bertz CT molecular complexity index is 259. The van der Waals surface area contributed by atoms with E-state index in [0.717, 1.165) is 38.3 Å². The van der Waals surface area contributed by atoms with Crippen LogP contribution in [0.1, 0.15) is 58.3 Å². The number of hydrogen-bond donors (Lipinski definition) is 2. The van der Waals surface area contributed by atoms with Crippen molar-refractivity contribution < 1.29 is 5.11 Å². The summed E-state index contributed by atoms with van der Waals surface area (Å²) in [5.41, 5.74) is 5.20. The van der Waals surface area contributed by atoms with E-state index < -0.39 is 5.60 Å². The van der Waals surface area contributed by atoms with E-state index in [4.69, 9.17) is 5.73 Å². The van der Waals surface area contributed by atoms with Crippen molar-refractivity contribution in [2.45, 2.75) is 69.9 Å². The normalized spacial score (nSPS) is 38.8. The molecule has 0 aromatic heterocycles. The van der Waals surface area contributed by atoms with Gasteiger partial charge < -0.3 is 15.7 Å². The van der Waals surface area contributed by atoms with Crippen LogP contribution in [-0.2, 0) is 0 Å². The lowest BCUT2D eigenvalue weighted by Gasteiger charge is -2.32. The van der Waals surface area contributed by atoms with Gasteiger partial charge in [-0.2, -0.15) is 0 Å². The van der Waals surface area contributed by atoms with E-state index in [0.29, 0.717) is 12.5 Å². The minimum Gasteiger partial charge on any atom is -0.388 e. The van der Waals surface area contributed by atoms with Gasteiger partial charge in [0.15, 0.2) is 0 Å². The largest absolute Gasteiger partial charge is 0.388 e. The predicted octanol–water partition coefficient (Wildman–Crippen LogP) is 2.13. The Morgan fingerprint density at radius 2 is 2.06 bits per heavy atom. The molecule has 3 heteroatoms. The summed E-state index contributed by atoms with van der Waals surface area (Å²) in [5, 5.41) is 10.5. The maximum absolute atomic E-state index is 10.5. The monoisotopic (exact) mass is 254 g/mol. The summed E-state index contributed by atoms with van der Waals surface area (Å²) in [6.07, 6.45) is 9.79. The van der Waals surface area contributed by atoms with E-state index in [9.17, 15) is 5.11 Å². The van der Waals surface area contributed by atoms with Gasteiger partial charge in [-0.1, -0.05) is 19.3 Å². The molecule has 0 amide bonds. The van der Waals surface area contributed by atoms with Crippen LogP contribution in [0, 0.1) is 5.92 Å². The number of nitrogens with two attached hydrogens (primary N) is 1. The van der Waals surface area contributed by atoms with Crippen molar-refractivity contribution in [1.29, 1.82) is 0 Å². The fraction of sp³-hybridized carbons (Fsp3) is 1.00. The lowest BCUT2D eigenvalue weighted by Crippen LogP contribution is -2.43. The van der Waals surface area contributed by atoms with Crippen LogP contribution in [0.4, 0.5) is 0 Å². The molecule has 0 aromatic carbocycles. The Kier molecular flexibility index (Phi) is 5.05. The summed E-state index contributed by atoms with van der Waals surface area (Å²) < 4.78 is 0. The third-order valence-electron chi connectivity index (χ3n) is 5.23. The molecule has 3 atom stereocenters. The summed E-state index contributed by atoms with van der Waals surface area (Å²) in [6.45, 7) is 5.19. The number of aliphatic hydroxyl groups is 1. The van der Waals surface area contributed by atoms with Gasteiger partial charge in [-0.3, -0.25) is 0 Å². The van der Waals surface area contributed by atoms with Crippen LogP contribution in [0.3, 0.4) is 0 Å². The molecule has 0 spiro atoms. The molecule has 2 fully saturated rings. The SMILES string of the molecule is CC1CCCCCN1CCC1CCCC1(O)CN. The fourth-order valence-corrected chi connectivity index (χ4v) is 3.80. The van der Waals surface area contributed by atoms with Gasteiger partial charge in [0.2, 0.25) is 0 Å². The molecule has 1 saturated heterocycles. The summed E-state index contributed by atoms with van der Waals surface area (Å²) >= 11 is 0. The van der Waals surface area contributed by atoms with E-state index in [1.54, 1.807) is 0 Å². The van der Waals surface area contributed by atoms with Crippen molar-refractivity contribution in [2.24, 2.45) is 11.7 Å². The number of nitrogens with zero attached hydrogens (tertiary/aromatic N) is 1. The van der Waals surface area contributed by atoms with Gasteiger partial charge in [0.25, 0.3) is 0 Å². The van der Waals surface area contributed by atoms with E-state index in [1.807, 2.05) is 0 Å². The molecule has 106 valence electrons. The summed E-state index contributed by atoms with van der Waals surface area (Å²) in [7, 11) is 0. The zero-order chi connectivity index (χ0) is 13.0. The van der Waals surface area contributed by atoms with Crippen LogP contribution in [-0.4, -0.2) is 41.3 Å². The molecular formula is C15H30N2O. The van der Waals surface area contributed by atoms with Crippen molar-refractivity contribution in [3.8, 4) is 0 Å². The van der Waals surface area contributed by atoms with Crippen molar-refractivity contribution in [3.63, 3.8) is 0 Å². The maximum Gasteiger partial charge on any atom is 0.0797 e. The molecule has 2 rings (SSSR count).